The number of carbonyl (C=O) groups is 2. The molecule has 1 fully saturated rings. The average molecular weight is 393 g/mol. The van der Waals surface area contributed by atoms with Gasteiger partial charge in [-0.05, 0) is 0 Å². The predicted octanol–water partition coefficient (Wildman–Crippen LogP) is 1.46. The fourth-order valence-electron chi connectivity index (χ4n) is 1.07. The van der Waals surface area contributed by atoms with Crippen molar-refractivity contribution >= 4 is 59.7 Å². The largest absolute Gasteiger partial charge is 0.324 e. The standard InChI is InChI=1S/C7H9Br3N2O2/c8-1-4(9)2-12-3-5(10)6(13)11-7(12)14/h4-5H,1-3H2,(H,11,13,14). The third-order valence-corrected chi connectivity index (χ3v) is 4.74. The molecule has 1 aliphatic heterocycles. The Morgan fingerprint density at radius 1 is 1.57 bits per heavy atom. The van der Waals surface area contributed by atoms with Crippen molar-refractivity contribution in [3.05, 3.63) is 0 Å². The highest BCUT2D eigenvalue weighted by Gasteiger charge is 2.30. The van der Waals surface area contributed by atoms with Crippen molar-refractivity contribution in [2.45, 2.75) is 9.65 Å². The number of hydrogen-bond donors (Lipinski definition) is 1. The molecule has 14 heavy (non-hydrogen) atoms. The summed E-state index contributed by atoms with van der Waals surface area (Å²) in [5.41, 5.74) is 0. The van der Waals surface area contributed by atoms with E-state index >= 15 is 0 Å². The molecule has 1 aliphatic rings. The van der Waals surface area contributed by atoms with Crippen LogP contribution in [0.2, 0.25) is 0 Å². The van der Waals surface area contributed by atoms with Gasteiger partial charge < -0.3 is 4.90 Å². The lowest BCUT2D eigenvalue weighted by Gasteiger charge is -2.30. The summed E-state index contributed by atoms with van der Waals surface area (Å²) < 4.78 is 0. The van der Waals surface area contributed by atoms with Crippen molar-refractivity contribution in [2.24, 2.45) is 0 Å². The van der Waals surface area contributed by atoms with Gasteiger partial charge in [-0.3, -0.25) is 10.1 Å². The van der Waals surface area contributed by atoms with Crippen LogP contribution < -0.4 is 5.32 Å². The molecule has 1 N–H and O–H groups in total. The molecule has 1 heterocycles. The number of nitrogens with zero attached hydrogens (tertiary/aromatic N) is 1. The second kappa shape index (κ2) is 5.46. The van der Waals surface area contributed by atoms with Crippen LogP contribution in [0.3, 0.4) is 0 Å². The number of halogens is 3. The van der Waals surface area contributed by atoms with Crippen LogP contribution in [-0.2, 0) is 4.79 Å². The smallest absolute Gasteiger partial charge is 0.322 e. The summed E-state index contributed by atoms with van der Waals surface area (Å²) in [6.45, 7) is 0.992. The van der Waals surface area contributed by atoms with Crippen LogP contribution >= 0.6 is 47.8 Å². The summed E-state index contributed by atoms with van der Waals surface area (Å²) >= 11 is 9.91. The topological polar surface area (TPSA) is 49.4 Å². The third-order valence-electron chi connectivity index (χ3n) is 1.77. The van der Waals surface area contributed by atoms with Gasteiger partial charge in [0.05, 0.1) is 0 Å². The lowest BCUT2D eigenvalue weighted by Crippen LogP contribution is -2.56. The Morgan fingerprint density at radius 2 is 2.21 bits per heavy atom. The van der Waals surface area contributed by atoms with E-state index in [-0.39, 0.29) is 21.6 Å². The van der Waals surface area contributed by atoms with Crippen molar-refractivity contribution in [3.8, 4) is 0 Å². The maximum atomic E-state index is 11.3. The van der Waals surface area contributed by atoms with Crippen LogP contribution in [0.4, 0.5) is 4.79 Å². The minimum absolute atomic E-state index is 0.196. The zero-order chi connectivity index (χ0) is 10.7. The molecule has 2 atom stereocenters. The van der Waals surface area contributed by atoms with Gasteiger partial charge in [-0.1, -0.05) is 47.8 Å². The van der Waals surface area contributed by atoms with E-state index in [2.05, 4.69) is 53.1 Å². The molecule has 0 aromatic heterocycles. The molecule has 7 heteroatoms. The molecule has 80 valence electrons. The summed E-state index contributed by atoms with van der Waals surface area (Å²) in [6.07, 6.45) is 0. The molecule has 1 rings (SSSR count). The number of carbonyl (C=O) groups excluding carboxylic acids is 2. The Morgan fingerprint density at radius 3 is 2.79 bits per heavy atom. The molecule has 0 aromatic rings. The maximum absolute atomic E-state index is 11.3. The van der Waals surface area contributed by atoms with Crippen LogP contribution in [0.1, 0.15) is 0 Å². The fourth-order valence-corrected chi connectivity index (χ4v) is 2.09. The van der Waals surface area contributed by atoms with Crippen LogP contribution in [0.5, 0.6) is 0 Å². The van der Waals surface area contributed by atoms with Gasteiger partial charge in [0, 0.05) is 23.2 Å². The molecule has 2 unspecified atom stereocenters. The first-order valence-electron chi connectivity index (χ1n) is 3.98. The Kier molecular flexibility index (Phi) is 4.86. The fraction of sp³-hybridized carbons (Fsp3) is 0.714. The first-order chi connectivity index (χ1) is 6.54. The van der Waals surface area contributed by atoms with Crippen molar-refractivity contribution < 1.29 is 9.59 Å². The normalized spacial score (nSPS) is 24.8. The van der Waals surface area contributed by atoms with E-state index < -0.39 is 0 Å². The molecule has 0 radical (unpaired) electrons. The van der Waals surface area contributed by atoms with Gasteiger partial charge in [0.2, 0.25) is 5.91 Å². The second-order valence-corrected chi connectivity index (χ2v) is 5.97. The number of rotatable bonds is 3. The van der Waals surface area contributed by atoms with Crippen LogP contribution in [0, 0.1) is 0 Å². The molecule has 1 saturated heterocycles. The van der Waals surface area contributed by atoms with Crippen LogP contribution in [0.15, 0.2) is 0 Å². The number of imide groups is 1. The van der Waals surface area contributed by atoms with Gasteiger partial charge in [-0.25, -0.2) is 4.79 Å². The number of hydrogen-bond acceptors (Lipinski definition) is 2. The Balaban J connectivity index is 2.53. The molecule has 0 aliphatic carbocycles. The SMILES string of the molecule is O=C1NC(=O)N(CC(Br)CBr)CC1Br. The van der Waals surface area contributed by atoms with Gasteiger partial charge >= 0.3 is 6.03 Å². The molecule has 4 nitrogen and oxygen atoms in total. The third kappa shape index (κ3) is 3.20. The summed E-state index contributed by atoms with van der Waals surface area (Å²) in [5.74, 6) is -0.267. The van der Waals surface area contributed by atoms with Crippen LogP contribution in [-0.4, -0.2) is 44.9 Å². The summed E-state index contributed by atoms with van der Waals surface area (Å²) in [5, 5.41) is 3.04. The highest BCUT2D eigenvalue weighted by Crippen LogP contribution is 2.13. The molecular weight excluding hydrogens is 384 g/mol. The number of urea groups is 1. The van der Waals surface area contributed by atoms with Gasteiger partial charge in [-0.2, -0.15) is 0 Å². The number of nitrogens with one attached hydrogen (secondary N) is 1. The quantitative estimate of drug-likeness (QED) is 0.739. The van der Waals surface area contributed by atoms with Gasteiger partial charge in [-0.15, -0.1) is 0 Å². The van der Waals surface area contributed by atoms with Gasteiger partial charge in [0.15, 0.2) is 0 Å². The minimum Gasteiger partial charge on any atom is -0.322 e. The van der Waals surface area contributed by atoms with E-state index in [4.69, 9.17) is 0 Å². The van der Waals surface area contributed by atoms with Gasteiger partial charge in [0.1, 0.15) is 4.83 Å². The Bertz CT molecular complexity index is 249. The summed E-state index contributed by atoms with van der Waals surface area (Å²) in [7, 11) is 0. The predicted molar refractivity (Wildman–Crippen MR) is 64.3 cm³/mol. The zero-order valence-electron chi connectivity index (χ0n) is 7.17. The lowest BCUT2D eigenvalue weighted by atomic mass is 10.3. The van der Waals surface area contributed by atoms with E-state index in [1.807, 2.05) is 0 Å². The van der Waals surface area contributed by atoms with Crippen molar-refractivity contribution in [3.63, 3.8) is 0 Å². The van der Waals surface area contributed by atoms with E-state index in [1.165, 1.54) is 0 Å². The Hall–Kier alpha value is 0.380. The first-order valence-corrected chi connectivity index (χ1v) is 6.93. The second-order valence-electron chi connectivity index (χ2n) is 2.92. The first kappa shape index (κ1) is 12.4. The number of amides is 3. The summed E-state index contributed by atoms with van der Waals surface area (Å²) in [6, 6.07) is -0.323. The zero-order valence-corrected chi connectivity index (χ0v) is 11.9. The van der Waals surface area contributed by atoms with Crippen molar-refractivity contribution in [1.29, 1.82) is 0 Å². The van der Waals surface area contributed by atoms with E-state index in [1.54, 1.807) is 4.90 Å². The highest BCUT2D eigenvalue weighted by molar-refractivity contribution is 9.12. The van der Waals surface area contributed by atoms with Crippen LogP contribution in [0.25, 0.3) is 0 Å². The molecular formula is C7H9Br3N2O2. The van der Waals surface area contributed by atoms with E-state index in [0.717, 1.165) is 5.33 Å². The number of alkyl halides is 3. The van der Waals surface area contributed by atoms with Crippen molar-refractivity contribution in [2.75, 3.05) is 18.4 Å². The van der Waals surface area contributed by atoms with E-state index in [9.17, 15) is 9.59 Å². The van der Waals surface area contributed by atoms with Gasteiger partial charge in [0.25, 0.3) is 0 Å². The Labute approximate surface area is 107 Å². The average Bonchev–Trinajstić information content (AvgIpc) is 2.14. The highest BCUT2D eigenvalue weighted by atomic mass is 79.9. The molecule has 0 bridgehead atoms. The summed E-state index contributed by atoms with van der Waals surface area (Å²) in [4.78, 5) is 23.9. The maximum Gasteiger partial charge on any atom is 0.324 e. The molecule has 3 amide bonds. The van der Waals surface area contributed by atoms with E-state index in [0.29, 0.717) is 13.1 Å². The van der Waals surface area contributed by atoms with Crippen molar-refractivity contribution in [1.82, 2.24) is 10.2 Å². The molecule has 0 spiro atoms. The molecule has 0 aromatic carbocycles. The lowest BCUT2D eigenvalue weighted by molar-refractivity contribution is -0.120. The monoisotopic (exact) mass is 390 g/mol. The minimum atomic E-state index is -0.323. The molecule has 0 saturated carbocycles.